The fourth-order valence-electron chi connectivity index (χ4n) is 2.29. The van der Waals surface area contributed by atoms with E-state index in [1.165, 1.54) is 5.69 Å². The lowest BCUT2D eigenvalue weighted by atomic mass is 10.2. The van der Waals surface area contributed by atoms with E-state index in [9.17, 15) is 0 Å². The van der Waals surface area contributed by atoms with Crippen LogP contribution >= 0.6 is 0 Å². The van der Waals surface area contributed by atoms with Gasteiger partial charge in [-0.3, -0.25) is 4.48 Å². The van der Waals surface area contributed by atoms with Crippen LogP contribution in [0, 0.1) is 0 Å². The highest BCUT2D eigenvalue weighted by atomic mass is 79.9. The second-order valence-electron chi connectivity index (χ2n) is 5.68. The third kappa shape index (κ3) is 4.18. The second kappa shape index (κ2) is 7.39. The van der Waals surface area contributed by atoms with E-state index in [0.717, 1.165) is 5.56 Å². The number of benzene rings is 2. The van der Waals surface area contributed by atoms with Gasteiger partial charge in [-0.05, 0) is 12.1 Å². The number of nitrogens with zero attached hydrogens (tertiary/aromatic N) is 5. The molecule has 0 saturated heterocycles. The van der Waals surface area contributed by atoms with Gasteiger partial charge in [-0.15, -0.1) is 20.4 Å². The molecule has 3 aromatic rings. The highest BCUT2D eigenvalue weighted by molar-refractivity contribution is 5.52. The van der Waals surface area contributed by atoms with E-state index in [0.29, 0.717) is 22.7 Å². The van der Waals surface area contributed by atoms with E-state index >= 15 is 0 Å². The maximum atomic E-state index is 4.23. The quantitative estimate of drug-likeness (QED) is 0.591. The van der Waals surface area contributed by atoms with Crippen LogP contribution in [0.25, 0.3) is 11.4 Å². The Morgan fingerprint density at radius 2 is 1.26 bits per heavy atom. The molecule has 0 bridgehead atoms. The first-order valence-electron chi connectivity index (χ1n) is 7.15. The number of hydrogen-bond acceptors (Lipinski definition) is 4. The van der Waals surface area contributed by atoms with E-state index in [1.807, 2.05) is 48.5 Å². The lowest BCUT2D eigenvalue weighted by molar-refractivity contribution is -0.00000495. The molecule has 23 heavy (non-hydrogen) atoms. The van der Waals surface area contributed by atoms with Crippen LogP contribution in [0.1, 0.15) is 5.82 Å². The Kier molecular flexibility index (Phi) is 5.52. The summed E-state index contributed by atoms with van der Waals surface area (Å²) in [6.07, 6.45) is 0. The molecule has 0 aliphatic heterocycles. The van der Waals surface area contributed by atoms with Gasteiger partial charge in [0.1, 0.15) is 12.2 Å². The molecule has 0 N–H and O–H groups in total. The van der Waals surface area contributed by atoms with Crippen LogP contribution < -0.4 is 21.5 Å². The minimum atomic E-state index is 0. The average Bonchev–Trinajstić information content (AvgIpc) is 2.57. The van der Waals surface area contributed by atoms with E-state index in [-0.39, 0.29) is 17.0 Å². The topological polar surface area (TPSA) is 51.6 Å². The van der Waals surface area contributed by atoms with Gasteiger partial charge in [0.25, 0.3) is 0 Å². The molecule has 0 amide bonds. The molecule has 1 aromatic heterocycles. The van der Waals surface area contributed by atoms with Gasteiger partial charge in [0.05, 0.1) is 14.1 Å². The van der Waals surface area contributed by atoms with Crippen LogP contribution in [-0.2, 0) is 6.54 Å². The molecule has 0 aliphatic rings. The Bertz CT molecular complexity index is 730. The van der Waals surface area contributed by atoms with Crippen molar-refractivity contribution in [2.75, 3.05) is 14.1 Å². The van der Waals surface area contributed by atoms with Crippen molar-refractivity contribution in [2.24, 2.45) is 0 Å². The van der Waals surface area contributed by atoms with Crippen molar-refractivity contribution in [3.05, 3.63) is 66.5 Å². The van der Waals surface area contributed by atoms with Crippen molar-refractivity contribution in [3.63, 3.8) is 0 Å². The van der Waals surface area contributed by atoms with Crippen molar-refractivity contribution >= 4 is 5.69 Å². The molecule has 0 aliphatic carbocycles. The van der Waals surface area contributed by atoms with E-state index in [4.69, 9.17) is 0 Å². The normalized spacial score (nSPS) is 10.9. The van der Waals surface area contributed by atoms with Crippen LogP contribution in [0.3, 0.4) is 0 Å². The molecular weight excluding hydrogens is 354 g/mol. The third-order valence-corrected chi connectivity index (χ3v) is 3.54. The molecule has 5 nitrogen and oxygen atoms in total. The molecule has 0 radical (unpaired) electrons. The maximum Gasteiger partial charge on any atom is 0.227 e. The van der Waals surface area contributed by atoms with Crippen LogP contribution in [-0.4, -0.2) is 34.5 Å². The summed E-state index contributed by atoms with van der Waals surface area (Å²) in [5.74, 6) is 1.18. The molecule has 0 saturated carbocycles. The Morgan fingerprint density at radius 1 is 0.739 bits per heavy atom. The molecule has 0 spiro atoms. The number of rotatable bonds is 4. The van der Waals surface area contributed by atoms with Crippen LogP contribution in [0.15, 0.2) is 60.7 Å². The highest BCUT2D eigenvalue weighted by Crippen LogP contribution is 2.20. The van der Waals surface area contributed by atoms with Crippen LogP contribution in [0.2, 0.25) is 0 Å². The number of hydrogen-bond donors (Lipinski definition) is 0. The lowest BCUT2D eigenvalue weighted by Crippen LogP contribution is -3.00. The summed E-state index contributed by atoms with van der Waals surface area (Å²) in [4.78, 5) is 0. The summed E-state index contributed by atoms with van der Waals surface area (Å²) in [5, 5.41) is 16.8. The first-order chi connectivity index (χ1) is 10.6. The summed E-state index contributed by atoms with van der Waals surface area (Å²) >= 11 is 0. The summed E-state index contributed by atoms with van der Waals surface area (Å²) in [7, 11) is 4.23. The molecule has 3 rings (SSSR count). The minimum absolute atomic E-state index is 0. The van der Waals surface area contributed by atoms with Crippen molar-refractivity contribution < 1.29 is 17.0 Å². The SMILES string of the molecule is C[N+](C)(Cc1nnc(-c2ccccc2)nn1)c1ccccc1.[Br-]. The van der Waals surface area contributed by atoms with E-state index < -0.39 is 0 Å². The first kappa shape index (κ1) is 17.2. The van der Waals surface area contributed by atoms with Crippen molar-refractivity contribution in [1.29, 1.82) is 0 Å². The monoisotopic (exact) mass is 371 g/mol. The fraction of sp³-hybridized carbons (Fsp3) is 0.176. The molecule has 0 unspecified atom stereocenters. The van der Waals surface area contributed by atoms with Gasteiger partial charge in [0.15, 0.2) is 0 Å². The van der Waals surface area contributed by atoms with Gasteiger partial charge in [-0.1, -0.05) is 48.5 Å². The largest absolute Gasteiger partial charge is 1.00 e. The molecular formula is C17H18BrN5. The third-order valence-electron chi connectivity index (χ3n) is 3.54. The van der Waals surface area contributed by atoms with Gasteiger partial charge < -0.3 is 17.0 Å². The molecule has 0 atom stereocenters. The summed E-state index contributed by atoms with van der Waals surface area (Å²) in [6, 6.07) is 20.0. The number of quaternary nitrogens is 1. The molecule has 118 valence electrons. The predicted molar refractivity (Wildman–Crippen MR) is 86.8 cm³/mol. The summed E-state index contributed by atoms with van der Waals surface area (Å²) in [5.41, 5.74) is 2.11. The van der Waals surface area contributed by atoms with Gasteiger partial charge in [-0.2, -0.15) is 0 Å². The van der Waals surface area contributed by atoms with E-state index in [1.54, 1.807) is 0 Å². The smallest absolute Gasteiger partial charge is 0.227 e. The maximum absolute atomic E-state index is 4.23. The summed E-state index contributed by atoms with van der Waals surface area (Å²) < 4.78 is 0.648. The van der Waals surface area contributed by atoms with E-state index in [2.05, 4.69) is 46.6 Å². The zero-order valence-corrected chi connectivity index (χ0v) is 14.7. The standard InChI is InChI=1S/C17H18N5.BrH/c1-22(2,15-11-7-4-8-12-15)13-16-18-20-17(21-19-16)14-9-5-3-6-10-14;/h3-12H,13H2,1-2H3;1H/q+1;/p-1. The Balaban J connectivity index is 0.00000192. The second-order valence-corrected chi connectivity index (χ2v) is 5.68. The van der Waals surface area contributed by atoms with Crippen molar-refractivity contribution in [2.45, 2.75) is 6.54 Å². The lowest BCUT2D eigenvalue weighted by Gasteiger charge is -2.27. The van der Waals surface area contributed by atoms with Gasteiger partial charge >= 0.3 is 0 Å². The predicted octanol–water partition coefficient (Wildman–Crippen LogP) is -0.295. The average molecular weight is 372 g/mol. The first-order valence-corrected chi connectivity index (χ1v) is 7.15. The Hall–Kier alpha value is -2.18. The zero-order chi connectivity index (χ0) is 15.4. The highest BCUT2D eigenvalue weighted by Gasteiger charge is 2.21. The van der Waals surface area contributed by atoms with Crippen LogP contribution in [0.5, 0.6) is 0 Å². The van der Waals surface area contributed by atoms with Crippen molar-refractivity contribution in [1.82, 2.24) is 24.9 Å². The molecule has 2 aromatic carbocycles. The molecule has 6 heteroatoms. The number of para-hydroxylation sites is 1. The van der Waals surface area contributed by atoms with Crippen LogP contribution in [0.4, 0.5) is 5.69 Å². The zero-order valence-electron chi connectivity index (χ0n) is 13.1. The van der Waals surface area contributed by atoms with Gasteiger partial charge in [0.2, 0.25) is 11.6 Å². The Labute approximate surface area is 146 Å². The van der Waals surface area contributed by atoms with Gasteiger partial charge in [-0.25, -0.2) is 0 Å². The minimum Gasteiger partial charge on any atom is -1.00 e. The molecule has 0 fully saturated rings. The number of aromatic nitrogens is 4. The van der Waals surface area contributed by atoms with Gasteiger partial charge in [0, 0.05) is 5.56 Å². The van der Waals surface area contributed by atoms with Crippen molar-refractivity contribution in [3.8, 4) is 11.4 Å². The fourth-order valence-corrected chi connectivity index (χ4v) is 2.29. The number of halogens is 1. The summed E-state index contributed by atoms with van der Waals surface area (Å²) in [6.45, 7) is 0.638. The molecule has 1 heterocycles. The Morgan fingerprint density at radius 3 is 1.83 bits per heavy atom.